The largest absolute Gasteiger partial charge is 0.514 e. The maximum Gasteiger partial charge on any atom is 0.514 e. The molecule has 0 bridgehead atoms. The van der Waals surface area contributed by atoms with Gasteiger partial charge in [-0.05, 0) is 43.7 Å². The molecular formula is C24H21ClFN3O5. The highest BCUT2D eigenvalue weighted by Crippen LogP contribution is 2.44. The van der Waals surface area contributed by atoms with Crippen molar-refractivity contribution in [3.63, 3.8) is 0 Å². The quantitative estimate of drug-likeness (QED) is 0.553. The van der Waals surface area contributed by atoms with Crippen molar-refractivity contribution in [1.82, 2.24) is 4.57 Å². The molecule has 176 valence electrons. The first-order chi connectivity index (χ1) is 16.4. The minimum absolute atomic E-state index is 0.00736. The Kier molecular flexibility index (Phi) is 5.66. The number of halogens is 2. The van der Waals surface area contributed by atoms with Crippen LogP contribution in [0.5, 0.6) is 11.5 Å². The zero-order chi connectivity index (χ0) is 24.0. The summed E-state index contributed by atoms with van der Waals surface area (Å²) in [5, 5.41) is 0.558. The van der Waals surface area contributed by atoms with Crippen LogP contribution < -0.4 is 25.5 Å². The lowest BCUT2D eigenvalue weighted by molar-refractivity contribution is 0.104. The van der Waals surface area contributed by atoms with E-state index in [2.05, 4.69) is 0 Å². The van der Waals surface area contributed by atoms with Crippen LogP contribution in [0.3, 0.4) is 0 Å². The van der Waals surface area contributed by atoms with Crippen LogP contribution in [0.1, 0.15) is 18.9 Å². The number of pyridine rings is 1. The first-order valence-electron chi connectivity index (χ1n) is 10.8. The van der Waals surface area contributed by atoms with Crippen molar-refractivity contribution in [2.75, 3.05) is 24.6 Å². The van der Waals surface area contributed by atoms with Gasteiger partial charge in [-0.25, -0.2) is 9.18 Å². The molecule has 1 unspecified atom stereocenters. The number of nitrogens with two attached hydrogens (primary N) is 1. The van der Waals surface area contributed by atoms with Crippen LogP contribution in [-0.4, -0.2) is 36.5 Å². The minimum Gasteiger partial charge on any atom is -0.451 e. The van der Waals surface area contributed by atoms with Crippen LogP contribution in [0.2, 0.25) is 5.02 Å². The van der Waals surface area contributed by atoms with Gasteiger partial charge in [0, 0.05) is 29.7 Å². The Balaban J connectivity index is 1.74. The number of hydrogen-bond acceptors (Lipinski definition) is 7. The second kappa shape index (κ2) is 8.66. The minimum atomic E-state index is -1.02. The lowest BCUT2D eigenvalue weighted by atomic mass is 10.1. The number of hydrogen-bond donors (Lipinski definition) is 1. The molecule has 1 saturated heterocycles. The fraction of sp³-hybridized carbons (Fsp3) is 0.250. The first kappa shape index (κ1) is 22.2. The van der Waals surface area contributed by atoms with Gasteiger partial charge in [0.2, 0.25) is 5.43 Å². The molecule has 0 spiro atoms. The van der Waals surface area contributed by atoms with Crippen molar-refractivity contribution in [2.45, 2.75) is 19.4 Å². The molecule has 8 nitrogen and oxygen atoms in total. The summed E-state index contributed by atoms with van der Waals surface area (Å²) in [5.74, 6) is -0.338. The Morgan fingerprint density at radius 2 is 2.09 bits per heavy atom. The molecule has 0 saturated carbocycles. The van der Waals surface area contributed by atoms with E-state index < -0.39 is 17.4 Å². The zero-order valence-electron chi connectivity index (χ0n) is 18.2. The summed E-state index contributed by atoms with van der Waals surface area (Å²) in [5.41, 5.74) is 6.68. The summed E-state index contributed by atoms with van der Waals surface area (Å²) in [6.45, 7) is 2.70. The molecule has 34 heavy (non-hydrogen) atoms. The molecule has 3 heterocycles. The van der Waals surface area contributed by atoms with E-state index in [1.807, 2.05) is 4.90 Å². The molecule has 1 aromatic heterocycles. The molecular weight excluding hydrogens is 465 g/mol. The first-order valence-corrected chi connectivity index (χ1v) is 11.2. The number of carbonyl (C=O) groups excluding carboxylic acids is 1. The summed E-state index contributed by atoms with van der Waals surface area (Å²) in [7, 11) is 0. The number of rotatable bonds is 4. The van der Waals surface area contributed by atoms with E-state index in [9.17, 15) is 9.59 Å². The molecule has 1 atom stereocenters. The zero-order valence-corrected chi connectivity index (χ0v) is 19.0. The predicted molar refractivity (Wildman–Crippen MR) is 127 cm³/mol. The molecule has 2 aromatic carbocycles. The van der Waals surface area contributed by atoms with E-state index in [4.69, 9.17) is 31.5 Å². The molecule has 10 heteroatoms. The third kappa shape index (κ3) is 3.86. The summed E-state index contributed by atoms with van der Waals surface area (Å²) < 4.78 is 33.2. The highest BCUT2D eigenvalue weighted by atomic mass is 35.5. The maximum absolute atomic E-state index is 15.5. The molecule has 1 fully saturated rings. The van der Waals surface area contributed by atoms with Gasteiger partial charge in [-0.3, -0.25) is 4.79 Å². The Morgan fingerprint density at radius 1 is 1.32 bits per heavy atom. The number of benzene rings is 2. The number of ether oxygens (including phenoxy) is 3. The van der Waals surface area contributed by atoms with Crippen LogP contribution in [0.4, 0.5) is 14.9 Å². The van der Waals surface area contributed by atoms with Gasteiger partial charge in [-0.2, -0.15) is 0 Å². The molecule has 2 N–H and O–H groups in total. The van der Waals surface area contributed by atoms with Crippen molar-refractivity contribution >= 4 is 46.3 Å². The predicted octanol–water partition coefficient (Wildman–Crippen LogP) is 4.21. The van der Waals surface area contributed by atoms with Gasteiger partial charge in [0.15, 0.2) is 23.1 Å². The van der Waals surface area contributed by atoms with Crippen LogP contribution in [0, 0.1) is 5.82 Å². The Labute approximate surface area is 198 Å². The monoisotopic (exact) mass is 485 g/mol. The maximum atomic E-state index is 15.5. The topological polar surface area (TPSA) is 96.0 Å². The summed E-state index contributed by atoms with van der Waals surface area (Å²) in [4.78, 5) is 26.8. The highest BCUT2D eigenvalue weighted by Gasteiger charge is 2.31. The van der Waals surface area contributed by atoms with Gasteiger partial charge in [-0.15, -0.1) is 0 Å². The molecule has 0 radical (unpaired) electrons. The summed E-state index contributed by atoms with van der Waals surface area (Å²) in [6, 6.07) is 7.98. The normalized spacial score (nSPS) is 16.9. The molecule has 2 aliphatic heterocycles. The summed E-state index contributed by atoms with van der Waals surface area (Å²) in [6.07, 6.45) is 2.67. The number of anilines is 1. The lowest BCUT2D eigenvalue weighted by Crippen LogP contribution is -2.28. The Hall–Kier alpha value is -3.56. The third-order valence-electron chi connectivity index (χ3n) is 5.76. The van der Waals surface area contributed by atoms with Crippen molar-refractivity contribution in [1.29, 1.82) is 0 Å². The highest BCUT2D eigenvalue weighted by molar-refractivity contribution is 6.30. The van der Waals surface area contributed by atoms with Gasteiger partial charge in [0.25, 0.3) is 0 Å². The number of aromatic nitrogens is 1. The third-order valence-corrected chi connectivity index (χ3v) is 6.01. The number of carbonyl (C=O) groups is 1. The standard InChI is InChI=1S/C24H21ClFN3O5/c1-2-32-24(31)34-19-12-29-11-18(13-3-5-14(25)6-4-13)33-23-20(29)16(22(19)30)9-17(26)21(23)28-8-7-15(27)10-28/h3-6,9,11-12,15H,2,7-8,10,27H2,1H3. The van der Waals surface area contributed by atoms with E-state index in [0.29, 0.717) is 41.4 Å². The van der Waals surface area contributed by atoms with E-state index >= 15 is 4.39 Å². The van der Waals surface area contributed by atoms with E-state index in [1.54, 1.807) is 42.0 Å². The van der Waals surface area contributed by atoms with Crippen molar-refractivity contribution in [3.8, 4) is 11.5 Å². The molecule has 0 aliphatic carbocycles. The lowest BCUT2D eigenvalue weighted by Gasteiger charge is -2.27. The van der Waals surface area contributed by atoms with E-state index in [-0.39, 0.29) is 35.2 Å². The molecule has 0 amide bonds. The summed E-state index contributed by atoms with van der Waals surface area (Å²) >= 11 is 6.03. The average Bonchev–Trinajstić information content (AvgIpc) is 3.22. The van der Waals surface area contributed by atoms with Gasteiger partial charge in [0.05, 0.1) is 24.4 Å². The van der Waals surface area contributed by atoms with Crippen molar-refractivity contribution in [3.05, 3.63) is 63.2 Å². The molecule has 5 rings (SSSR count). The Bertz CT molecular complexity index is 1390. The molecule has 3 aromatic rings. The smallest absolute Gasteiger partial charge is 0.451 e. The van der Waals surface area contributed by atoms with Crippen LogP contribution >= 0.6 is 11.6 Å². The van der Waals surface area contributed by atoms with Crippen molar-refractivity contribution in [2.24, 2.45) is 5.73 Å². The van der Waals surface area contributed by atoms with Crippen LogP contribution in [0.15, 0.2) is 41.3 Å². The van der Waals surface area contributed by atoms with Crippen molar-refractivity contribution < 1.29 is 23.4 Å². The SMILES string of the molecule is CCOC(=O)Oc1cn2c3c(c(N4CCC(N)C4)c(F)cc3c1=O)OC(c1ccc(Cl)cc1)=C2. The van der Waals surface area contributed by atoms with E-state index in [1.165, 1.54) is 6.20 Å². The fourth-order valence-corrected chi connectivity index (χ4v) is 4.35. The van der Waals surface area contributed by atoms with Gasteiger partial charge >= 0.3 is 6.16 Å². The van der Waals surface area contributed by atoms with Gasteiger partial charge in [0.1, 0.15) is 11.2 Å². The fourth-order valence-electron chi connectivity index (χ4n) is 4.22. The van der Waals surface area contributed by atoms with Gasteiger partial charge < -0.3 is 29.4 Å². The number of nitrogens with zero attached hydrogens (tertiary/aromatic N) is 2. The second-order valence-electron chi connectivity index (χ2n) is 8.04. The van der Waals surface area contributed by atoms with E-state index in [0.717, 1.165) is 6.07 Å². The molecule has 2 aliphatic rings. The van der Waals surface area contributed by atoms with Crippen LogP contribution in [-0.2, 0) is 4.74 Å². The van der Waals surface area contributed by atoms with Gasteiger partial charge in [-0.1, -0.05) is 11.6 Å². The second-order valence-corrected chi connectivity index (χ2v) is 8.48. The van der Waals surface area contributed by atoms with Crippen LogP contribution in [0.25, 0.3) is 22.9 Å². The Morgan fingerprint density at radius 3 is 2.76 bits per heavy atom. The average molecular weight is 486 g/mol.